The van der Waals surface area contributed by atoms with Crippen LogP contribution >= 0.6 is 15.9 Å². The number of carbonyl (C=O) groups excluding carboxylic acids is 3. The van der Waals surface area contributed by atoms with E-state index < -0.39 is 23.3 Å². The number of hydrogen-bond acceptors (Lipinski definition) is 8. The third-order valence-corrected chi connectivity index (χ3v) is 7.34. The Morgan fingerprint density at radius 1 is 1.08 bits per heavy atom. The standard InChI is InChI=1S/C27H23BrN2O7/c1-35-16-5-6-21-18(12-16)17-8-9-30-13-14(23(32)19-11-15(28)4-7-22(19)31)10-20(25(33)36-2)27(30,24(17)29-21)26(34)37-3/h4-7,10-13,29,31H,8-9H2,1-3H3. The molecule has 2 aliphatic heterocycles. The van der Waals surface area contributed by atoms with Gasteiger partial charge in [0.1, 0.15) is 11.5 Å². The summed E-state index contributed by atoms with van der Waals surface area (Å²) in [7, 11) is 4.02. The van der Waals surface area contributed by atoms with Crippen molar-refractivity contribution < 1.29 is 33.7 Å². The van der Waals surface area contributed by atoms with Gasteiger partial charge in [-0.05, 0) is 54.5 Å². The van der Waals surface area contributed by atoms with Gasteiger partial charge in [0.2, 0.25) is 5.54 Å². The number of ketones is 1. The summed E-state index contributed by atoms with van der Waals surface area (Å²) in [6, 6.07) is 10.0. The van der Waals surface area contributed by atoms with Gasteiger partial charge in [0, 0.05) is 33.7 Å². The van der Waals surface area contributed by atoms with E-state index in [9.17, 15) is 19.5 Å². The van der Waals surface area contributed by atoms with Gasteiger partial charge in [-0.15, -0.1) is 0 Å². The molecule has 37 heavy (non-hydrogen) atoms. The summed E-state index contributed by atoms with van der Waals surface area (Å²) >= 11 is 3.32. The SMILES string of the molecule is COC(=O)C1=CC(C(=O)c2cc(Br)ccc2O)=CN2CCc3c([nH]c4ccc(OC)cc34)C12C(=O)OC. The minimum absolute atomic E-state index is 0.0436. The van der Waals surface area contributed by atoms with Gasteiger partial charge >= 0.3 is 11.9 Å². The largest absolute Gasteiger partial charge is 0.507 e. The molecule has 0 aliphatic carbocycles. The zero-order chi connectivity index (χ0) is 26.5. The molecule has 2 aliphatic rings. The molecule has 5 rings (SSSR count). The van der Waals surface area contributed by atoms with Crippen LogP contribution in [0.25, 0.3) is 10.9 Å². The molecule has 0 saturated heterocycles. The van der Waals surface area contributed by atoms with Crippen molar-refractivity contribution in [2.75, 3.05) is 27.9 Å². The number of Topliss-reactive ketones (excluding diaryl/α,β-unsaturated/α-hetero) is 1. The summed E-state index contributed by atoms with van der Waals surface area (Å²) in [5.41, 5.74) is 0.394. The highest BCUT2D eigenvalue weighted by molar-refractivity contribution is 9.10. The number of phenols is 1. The normalized spacial score (nSPS) is 18.3. The minimum Gasteiger partial charge on any atom is -0.507 e. The molecule has 1 unspecified atom stereocenters. The minimum atomic E-state index is -1.72. The number of phenolic OH excluding ortho intramolecular Hbond substituents is 1. The Kier molecular flexibility index (Phi) is 6.07. The molecule has 0 fully saturated rings. The van der Waals surface area contributed by atoms with Crippen LogP contribution in [0.4, 0.5) is 0 Å². The van der Waals surface area contributed by atoms with E-state index in [0.717, 1.165) is 16.5 Å². The average Bonchev–Trinajstić information content (AvgIpc) is 3.30. The van der Waals surface area contributed by atoms with E-state index in [4.69, 9.17) is 14.2 Å². The number of fused-ring (bicyclic) bond motifs is 5. The van der Waals surface area contributed by atoms with Gasteiger partial charge in [-0.2, -0.15) is 0 Å². The molecule has 2 aromatic carbocycles. The van der Waals surface area contributed by atoms with Crippen molar-refractivity contribution in [1.82, 2.24) is 9.88 Å². The second kappa shape index (κ2) is 9.11. The van der Waals surface area contributed by atoms with Crippen molar-refractivity contribution in [3.63, 3.8) is 0 Å². The van der Waals surface area contributed by atoms with Gasteiger partial charge in [-0.25, -0.2) is 9.59 Å². The summed E-state index contributed by atoms with van der Waals surface area (Å²) < 4.78 is 16.3. The first-order valence-electron chi connectivity index (χ1n) is 11.4. The monoisotopic (exact) mass is 566 g/mol. The highest BCUT2D eigenvalue weighted by Gasteiger charge is 2.58. The predicted octanol–water partition coefficient (Wildman–Crippen LogP) is 3.75. The maximum absolute atomic E-state index is 13.6. The van der Waals surface area contributed by atoms with Crippen molar-refractivity contribution in [3.8, 4) is 11.5 Å². The molecule has 0 bridgehead atoms. The lowest BCUT2D eigenvalue weighted by Crippen LogP contribution is -2.58. The maximum atomic E-state index is 13.6. The lowest BCUT2D eigenvalue weighted by molar-refractivity contribution is -0.156. The topological polar surface area (TPSA) is 118 Å². The van der Waals surface area contributed by atoms with Gasteiger partial charge in [0.05, 0.1) is 38.2 Å². The van der Waals surface area contributed by atoms with Crippen LogP contribution in [0.3, 0.4) is 0 Å². The molecule has 3 heterocycles. The molecular weight excluding hydrogens is 544 g/mol. The number of allylic oxidation sites excluding steroid dienone is 2. The van der Waals surface area contributed by atoms with Crippen LogP contribution in [0.1, 0.15) is 21.6 Å². The van der Waals surface area contributed by atoms with Crippen molar-refractivity contribution in [2.24, 2.45) is 0 Å². The number of rotatable bonds is 5. The smallest absolute Gasteiger partial charge is 0.343 e. The summed E-state index contributed by atoms with van der Waals surface area (Å²) in [5, 5.41) is 11.2. The molecule has 1 atom stereocenters. The third kappa shape index (κ3) is 3.62. The molecule has 0 saturated carbocycles. The molecule has 10 heteroatoms. The van der Waals surface area contributed by atoms with E-state index in [0.29, 0.717) is 28.9 Å². The fourth-order valence-corrected chi connectivity index (χ4v) is 5.51. The number of aromatic amines is 1. The number of carbonyl (C=O) groups is 3. The Morgan fingerprint density at radius 2 is 1.86 bits per heavy atom. The van der Waals surface area contributed by atoms with Crippen LogP contribution in [0.5, 0.6) is 11.5 Å². The van der Waals surface area contributed by atoms with E-state index in [2.05, 4.69) is 20.9 Å². The number of esters is 2. The van der Waals surface area contributed by atoms with E-state index in [1.807, 2.05) is 12.1 Å². The molecule has 0 spiro atoms. The first-order chi connectivity index (χ1) is 17.8. The molecule has 2 N–H and O–H groups in total. The summed E-state index contributed by atoms with van der Waals surface area (Å²) in [4.78, 5) is 45.3. The van der Waals surface area contributed by atoms with Crippen molar-refractivity contribution >= 4 is 44.6 Å². The quantitative estimate of drug-likeness (QED) is 0.354. The zero-order valence-corrected chi connectivity index (χ0v) is 21.8. The van der Waals surface area contributed by atoms with Crippen molar-refractivity contribution in [1.29, 1.82) is 0 Å². The number of hydrogen-bond donors (Lipinski definition) is 2. The Morgan fingerprint density at radius 3 is 2.57 bits per heavy atom. The molecule has 1 aromatic heterocycles. The molecule has 9 nitrogen and oxygen atoms in total. The van der Waals surface area contributed by atoms with Gasteiger partial charge in [-0.3, -0.25) is 4.79 Å². The Bertz CT molecular complexity index is 1540. The Hall–Kier alpha value is -4.05. The van der Waals surface area contributed by atoms with Gasteiger partial charge in [0.15, 0.2) is 5.78 Å². The highest BCUT2D eigenvalue weighted by Crippen LogP contribution is 2.48. The van der Waals surface area contributed by atoms with E-state index in [1.54, 1.807) is 24.1 Å². The fourth-order valence-electron chi connectivity index (χ4n) is 5.15. The molecule has 3 aromatic rings. The number of benzene rings is 2. The van der Waals surface area contributed by atoms with E-state index in [1.165, 1.54) is 38.6 Å². The summed E-state index contributed by atoms with van der Waals surface area (Å²) in [5.74, 6) is -1.59. The van der Waals surface area contributed by atoms with Gasteiger partial charge < -0.3 is 29.2 Å². The number of nitrogens with one attached hydrogen (secondary N) is 1. The second-order valence-corrected chi connectivity index (χ2v) is 9.58. The summed E-state index contributed by atoms with van der Waals surface area (Å²) in [6.45, 7) is 0.293. The highest BCUT2D eigenvalue weighted by atomic mass is 79.9. The Labute approximate surface area is 220 Å². The Balaban J connectivity index is 1.76. The van der Waals surface area contributed by atoms with E-state index in [-0.39, 0.29) is 22.5 Å². The first-order valence-corrected chi connectivity index (χ1v) is 12.1. The lowest BCUT2D eigenvalue weighted by Gasteiger charge is -2.46. The average molecular weight is 567 g/mol. The number of ether oxygens (including phenoxy) is 3. The van der Waals surface area contributed by atoms with Crippen molar-refractivity contribution in [2.45, 2.75) is 12.0 Å². The van der Waals surface area contributed by atoms with Crippen LogP contribution in [0, 0.1) is 0 Å². The zero-order valence-electron chi connectivity index (χ0n) is 20.3. The number of methoxy groups -OCH3 is 3. The van der Waals surface area contributed by atoms with Crippen LogP contribution in [-0.2, 0) is 31.0 Å². The molecule has 0 radical (unpaired) electrons. The van der Waals surface area contributed by atoms with Crippen LogP contribution in [-0.4, -0.2) is 60.6 Å². The van der Waals surface area contributed by atoms with Crippen LogP contribution in [0.15, 0.2) is 64.3 Å². The molecule has 190 valence electrons. The van der Waals surface area contributed by atoms with Crippen molar-refractivity contribution in [3.05, 3.63) is 81.1 Å². The van der Waals surface area contributed by atoms with Gasteiger partial charge in [-0.1, -0.05) is 15.9 Å². The molecular formula is C27H23BrN2O7. The predicted molar refractivity (Wildman–Crippen MR) is 137 cm³/mol. The lowest BCUT2D eigenvalue weighted by atomic mass is 9.75. The maximum Gasteiger partial charge on any atom is 0.343 e. The number of aromatic hydroxyl groups is 1. The van der Waals surface area contributed by atoms with Crippen LogP contribution < -0.4 is 4.74 Å². The number of nitrogens with zero attached hydrogens (tertiary/aromatic N) is 1. The number of halogens is 1. The van der Waals surface area contributed by atoms with Crippen LogP contribution in [0.2, 0.25) is 0 Å². The molecule has 0 amide bonds. The second-order valence-electron chi connectivity index (χ2n) is 8.66. The third-order valence-electron chi connectivity index (χ3n) is 6.84. The number of aromatic nitrogens is 1. The number of H-pyrrole nitrogens is 1. The first kappa shape index (κ1) is 24.6. The van der Waals surface area contributed by atoms with Gasteiger partial charge in [0.25, 0.3) is 0 Å². The summed E-state index contributed by atoms with van der Waals surface area (Å²) in [6.07, 6.45) is 3.37. The fraction of sp³-hybridized carbons (Fsp3) is 0.222. The van der Waals surface area contributed by atoms with E-state index >= 15 is 0 Å².